The van der Waals surface area contributed by atoms with Crippen LogP contribution < -0.4 is 15.4 Å². The highest BCUT2D eigenvalue weighted by molar-refractivity contribution is 5.92. The summed E-state index contributed by atoms with van der Waals surface area (Å²) in [7, 11) is 1.65. The first-order valence-corrected chi connectivity index (χ1v) is 12.7. The molecule has 5 aromatic rings. The average molecular weight is 532 g/mol. The number of methoxy groups -OCH3 is 1. The van der Waals surface area contributed by atoms with Crippen molar-refractivity contribution in [2.75, 3.05) is 57.1 Å². The number of benzene rings is 1. The molecule has 0 saturated carbocycles. The number of nitrogens with two attached hydrogens (primary N) is 1. The van der Waals surface area contributed by atoms with Crippen LogP contribution in [-0.4, -0.2) is 86.7 Å². The number of piperazine rings is 1. The number of fused-ring (bicyclic) bond motifs is 3. The highest BCUT2D eigenvalue weighted by Gasteiger charge is 2.28. The summed E-state index contributed by atoms with van der Waals surface area (Å²) < 4.78 is 19.1. The Bertz CT molecular complexity index is 1590. The van der Waals surface area contributed by atoms with E-state index in [1.807, 2.05) is 36.1 Å². The van der Waals surface area contributed by atoms with Gasteiger partial charge in [0.25, 0.3) is 0 Å². The first-order valence-electron chi connectivity index (χ1n) is 12.7. The molecule has 1 aliphatic rings. The molecular weight excluding hydrogens is 502 g/mol. The molecule has 1 amide bonds. The molecule has 0 radical (unpaired) electrons. The number of nitrogen functional groups attached to an aromatic ring is 1. The first kappa shape index (κ1) is 24.7. The van der Waals surface area contributed by atoms with Gasteiger partial charge >= 0.3 is 0 Å². The molecule has 202 valence electrons. The number of ether oxygens (including phenoxy) is 2. The lowest BCUT2D eigenvalue weighted by atomic mass is 10.2. The molecule has 1 aliphatic heterocycles. The van der Waals surface area contributed by atoms with Crippen LogP contribution >= 0.6 is 0 Å². The normalized spacial score (nSPS) is 14.8. The molecule has 4 aromatic heterocycles. The first-order chi connectivity index (χ1) is 19.0. The smallest absolute Gasteiger partial charge is 0.247 e. The van der Waals surface area contributed by atoms with Crippen molar-refractivity contribution in [2.24, 2.45) is 0 Å². The van der Waals surface area contributed by atoms with Gasteiger partial charge in [-0.3, -0.25) is 4.79 Å². The van der Waals surface area contributed by atoms with Gasteiger partial charge in [0.2, 0.25) is 17.7 Å². The third kappa shape index (κ3) is 4.61. The van der Waals surface area contributed by atoms with Gasteiger partial charge in [-0.2, -0.15) is 14.6 Å². The van der Waals surface area contributed by atoms with Crippen molar-refractivity contribution >= 4 is 34.2 Å². The molecule has 1 atom stereocenters. The molecule has 0 unspecified atom stereocenters. The van der Waals surface area contributed by atoms with Gasteiger partial charge in [-0.1, -0.05) is 0 Å². The number of aromatic nitrogens is 6. The van der Waals surface area contributed by atoms with E-state index in [-0.39, 0.29) is 11.9 Å². The number of anilines is 2. The summed E-state index contributed by atoms with van der Waals surface area (Å²) in [5.41, 5.74) is 8.28. The Kier molecular flexibility index (Phi) is 6.49. The Morgan fingerprint density at radius 3 is 2.59 bits per heavy atom. The summed E-state index contributed by atoms with van der Waals surface area (Å²) in [6.45, 7) is 5.54. The summed E-state index contributed by atoms with van der Waals surface area (Å²) in [6.07, 6.45) is 3.20. The van der Waals surface area contributed by atoms with Crippen molar-refractivity contribution in [3.05, 3.63) is 48.9 Å². The molecule has 39 heavy (non-hydrogen) atoms. The summed E-state index contributed by atoms with van der Waals surface area (Å²) in [5.74, 6) is 1.84. The molecule has 1 aromatic carbocycles. The monoisotopic (exact) mass is 531 g/mol. The summed E-state index contributed by atoms with van der Waals surface area (Å²) in [4.78, 5) is 26.7. The van der Waals surface area contributed by atoms with Crippen LogP contribution in [0.1, 0.15) is 13.0 Å². The van der Waals surface area contributed by atoms with Gasteiger partial charge in [0.05, 0.1) is 24.5 Å². The van der Waals surface area contributed by atoms with E-state index < -0.39 is 6.04 Å². The number of hydrogen-bond acceptors (Lipinski definition) is 10. The van der Waals surface area contributed by atoms with Crippen LogP contribution in [0.4, 0.5) is 11.6 Å². The Labute approximate surface area is 223 Å². The largest absolute Gasteiger partial charge is 0.491 e. The number of carbonyl (C=O) groups excluding carboxylic acids is 1. The van der Waals surface area contributed by atoms with Crippen molar-refractivity contribution in [3.8, 4) is 17.3 Å². The zero-order valence-electron chi connectivity index (χ0n) is 21.7. The molecule has 13 heteroatoms. The van der Waals surface area contributed by atoms with Crippen molar-refractivity contribution in [2.45, 2.75) is 13.0 Å². The fourth-order valence-electron chi connectivity index (χ4n) is 4.77. The Hall–Kier alpha value is -4.65. The van der Waals surface area contributed by atoms with Crippen molar-refractivity contribution in [1.29, 1.82) is 0 Å². The maximum Gasteiger partial charge on any atom is 0.247 e. The fraction of sp³-hybridized carbons (Fsp3) is 0.346. The molecule has 13 nitrogen and oxygen atoms in total. The molecular formula is C26H29N9O4. The van der Waals surface area contributed by atoms with Gasteiger partial charge in [0, 0.05) is 39.0 Å². The number of nitrogens with zero attached hydrogens (tertiary/aromatic N) is 8. The van der Waals surface area contributed by atoms with Crippen LogP contribution in [0.5, 0.6) is 5.75 Å². The van der Waals surface area contributed by atoms with E-state index in [9.17, 15) is 4.79 Å². The van der Waals surface area contributed by atoms with Gasteiger partial charge in [-0.15, -0.1) is 5.10 Å². The molecule has 0 bridgehead atoms. The maximum absolute atomic E-state index is 13.5. The average Bonchev–Trinajstić information content (AvgIpc) is 3.73. The van der Waals surface area contributed by atoms with Crippen molar-refractivity contribution in [3.63, 3.8) is 0 Å². The van der Waals surface area contributed by atoms with Crippen LogP contribution in [0.2, 0.25) is 0 Å². The van der Waals surface area contributed by atoms with E-state index in [0.29, 0.717) is 54.6 Å². The SMILES string of the molecule is COCCOc1ccc(N2CCN(C(=O)[C@H](C)n3ncc4c3nc(N)n3nc(-c5ccco5)nc43)CC2)cc1. The number of carbonyl (C=O) groups is 1. The van der Waals surface area contributed by atoms with Crippen LogP contribution in [0.3, 0.4) is 0 Å². The Balaban J connectivity index is 1.15. The molecule has 1 fully saturated rings. The second-order valence-corrected chi connectivity index (χ2v) is 9.27. The van der Waals surface area contributed by atoms with Gasteiger partial charge in [-0.05, 0) is 43.3 Å². The van der Waals surface area contributed by atoms with Gasteiger partial charge in [-0.25, -0.2) is 9.67 Å². The highest BCUT2D eigenvalue weighted by Crippen LogP contribution is 2.26. The molecule has 0 aliphatic carbocycles. The van der Waals surface area contributed by atoms with E-state index in [1.165, 1.54) is 4.52 Å². The Morgan fingerprint density at radius 2 is 1.87 bits per heavy atom. The van der Waals surface area contributed by atoms with Crippen molar-refractivity contribution < 1.29 is 18.7 Å². The maximum atomic E-state index is 13.5. The summed E-state index contributed by atoms with van der Waals surface area (Å²) in [5, 5.41) is 9.55. The summed E-state index contributed by atoms with van der Waals surface area (Å²) in [6, 6.07) is 11.0. The van der Waals surface area contributed by atoms with E-state index in [0.717, 1.165) is 24.5 Å². The van der Waals surface area contributed by atoms with Crippen LogP contribution in [0, 0.1) is 0 Å². The number of amides is 1. The standard InChI is InChI=1S/C26H29N9O4/c1-17(25(36)33-11-9-32(10-12-33)18-5-7-19(8-6-18)38-15-14-37-2)34-24-20(16-28-34)23-29-22(21-4-3-13-39-21)31-35(23)26(27)30-24/h3-8,13,16-17H,9-12,14-15H2,1-2H3,(H2,27,30)/t17-/m0/s1. The minimum atomic E-state index is -0.570. The number of furan rings is 1. The predicted octanol–water partition coefficient (Wildman–Crippen LogP) is 2.25. The minimum Gasteiger partial charge on any atom is -0.491 e. The lowest BCUT2D eigenvalue weighted by Crippen LogP contribution is -2.50. The van der Waals surface area contributed by atoms with Crippen LogP contribution in [0.15, 0.2) is 53.3 Å². The van der Waals surface area contributed by atoms with Gasteiger partial charge in [0.1, 0.15) is 18.4 Å². The van der Waals surface area contributed by atoms with E-state index >= 15 is 0 Å². The molecule has 1 saturated heterocycles. The highest BCUT2D eigenvalue weighted by atomic mass is 16.5. The number of hydrogen-bond donors (Lipinski definition) is 1. The van der Waals surface area contributed by atoms with Crippen LogP contribution in [-0.2, 0) is 9.53 Å². The van der Waals surface area contributed by atoms with Gasteiger partial charge < -0.3 is 29.4 Å². The predicted molar refractivity (Wildman–Crippen MR) is 144 cm³/mol. The number of rotatable bonds is 8. The molecule has 2 N–H and O–H groups in total. The van der Waals surface area contributed by atoms with Crippen molar-refractivity contribution in [1.82, 2.24) is 34.3 Å². The van der Waals surface area contributed by atoms with Gasteiger partial charge in [0.15, 0.2) is 17.1 Å². The molecule has 5 heterocycles. The zero-order valence-corrected chi connectivity index (χ0v) is 21.7. The topological polar surface area (TPSA) is 142 Å². The minimum absolute atomic E-state index is 0.0282. The summed E-state index contributed by atoms with van der Waals surface area (Å²) >= 11 is 0. The lowest BCUT2D eigenvalue weighted by Gasteiger charge is -2.37. The fourth-order valence-corrected chi connectivity index (χ4v) is 4.77. The zero-order chi connectivity index (χ0) is 26.9. The van der Waals surface area contributed by atoms with E-state index in [2.05, 4.69) is 25.1 Å². The quantitative estimate of drug-likeness (QED) is 0.296. The Morgan fingerprint density at radius 1 is 1.08 bits per heavy atom. The third-order valence-corrected chi connectivity index (χ3v) is 6.87. The second kappa shape index (κ2) is 10.3. The van der Waals surface area contributed by atoms with E-state index in [1.54, 1.807) is 36.4 Å². The lowest BCUT2D eigenvalue weighted by molar-refractivity contribution is -0.134. The molecule has 6 rings (SSSR count). The molecule has 0 spiro atoms. The van der Waals surface area contributed by atoms with E-state index in [4.69, 9.17) is 19.6 Å². The second-order valence-electron chi connectivity index (χ2n) is 9.27. The van der Waals surface area contributed by atoms with Crippen LogP contribution in [0.25, 0.3) is 28.3 Å². The third-order valence-electron chi connectivity index (χ3n) is 6.87.